The van der Waals surface area contributed by atoms with Crippen LogP contribution in [0.2, 0.25) is 0 Å². The Labute approximate surface area is 134 Å². The average molecular weight is 494 g/mol. The monoisotopic (exact) mass is 494 g/mol. The van der Waals surface area contributed by atoms with Gasteiger partial charge in [0.15, 0.2) is 8.38 Å². The molecule has 2 rings (SSSR count). The molecule has 100 valence electrons. The summed E-state index contributed by atoms with van der Waals surface area (Å²) in [5.74, 6) is 0.421. The normalized spacial score (nSPS) is 34.9. The van der Waals surface area contributed by atoms with Gasteiger partial charge in [0, 0.05) is 37.8 Å². The van der Waals surface area contributed by atoms with Crippen molar-refractivity contribution in [2.45, 2.75) is 37.9 Å². The predicted molar refractivity (Wildman–Crippen MR) is 66.3 cm³/mol. The van der Waals surface area contributed by atoms with Gasteiger partial charge >= 0.3 is 0 Å². The van der Waals surface area contributed by atoms with Crippen LogP contribution in [0.4, 0.5) is 0 Å². The van der Waals surface area contributed by atoms with Crippen molar-refractivity contribution in [3.05, 3.63) is 18.0 Å². The van der Waals surface area contributed by atoms with E-state index in [2.05, 4.69) is 11.8 Å². The molecule has 0 amide bonds. The van der Waals surface area contributed by atoms with E-state index in [1.54, 1.807) is 0 Å². The van der Waals surface area contributed by atoms with Crippen molar-refractivity contribution in [2.24, 2.45) is 5.92 Å². The van der Waals surface area contributed by atoms with Crippen molar-refractivity contribution in [1.82, 2.24) is 0 Å². The second-order valence-electron chi connectivity index (χ2n) is 4.56. The summed E-state index contributed by atoms with van der Waals surface area (Å²) in [6.45, 7) is 13.6. The van der Waals surface area contributed by atoms with Gasteiger partial charge in [0.2, 0.25) is 6.54 Å². The molecule has 2 bridgehead atoms. The molecule has 0 aromatic heterocycles. The topological polar surface area (TPSA) is 32.0 Å². The minimum atomic E-state index is -0.897. The maximum Gasteiger partial charge on any atom is 0.238 e. The molecular formula is C12H19NO3PU-. The SMILES string of the molecule is [C-]#[N+]CCOP(C)OC1C2[CH-]OC1(CC)CC2.[U]. The molecule has 6 heteroatoms. The fraction of sp³-hybridized carbons (Fsp3) is 0.833. The zero-order valence-electron chi connectivity index (χ0n) is 10.9. The van der Waals surface area contributed by atoms with Crippen LogP contribution in [0.5, 0.6) is 0 Å². The third-order valence-corrected chi connectivity index (χ3v) is 4.69. The standard InChI is InChI=1S/C12H19NO3P.U/c1-4-12-6-5-10(9-14-12)11(12)16-17(3)15-8-7-13-2;/h9-11H,4-8H2,1,3H3;/q-1;. The average Bonchev–Trinajstić information content (AvgIpc) is 2.85. The van der Waals surface area contributed by atoms with Gasteiger partial charge in [-0.25, -0.2) is 13.2 Å². The third kappa shape index (κ3) is 3.49. The zero-order valence-corrected chi connectivity index (χ0v) is 15.9. The van der Waals surface area contributed by atoms with Crippen LogP contribution in [0, 0.1) is 50.2 Å². The smallest absolute Gasteiger partial charge is 0.238 e. The quantitative estimate of drug-likeness (QED) is 0.324. The largest absolute Gasteiger partial charge is 0.545 e. The number of fused-ring (bicyclic) bond motifs is 2. The maximum atomic E-state index is 6.69. The predicted octanol–water partition coefficient (Wildman–Crippen LogP) is 3.00. The van der Waals surface area contributed by atoms with Crippen LogP contribution in [0.15, 0.2) is 0 Å². The molecule has 18 heavy (non-hydrogen) atoms. The second kappa shape index (κ2) is 7.59. The van der Waals surface area contributed by atoms with E-state index in [1.165, 1.54) is 0 Å². The van der Waals surface area contributed by atoms with Crippen LogP contribution in [0.25, 0.3) is 4.85 Å². The molecular weight excluding hydrogens is 475 g/mol. The maximum absolute atomic E-state index is 6.69. The second-order valence-corrected chi connectivity index (χ2v) is 5.90. The summed E-state index contributed by atoms with van der Waals surface area (Å²) in [5, 5.41) is 0. The van der Waals surface area contributed by atoms with Gasteiger partial charge < -0.3 is 18.6 Å². The molecule has 1 heterocycles. The minimum absolute atomic E-state index is 0. The van der Waals surface area contributed by atoms with Crippen LogP contribution < -0.4 is 0 Å². The van der Waals surface area contributed by atoms with E-state index < -0.39 is 8.38 Å². The van der Waals surface area contributed by atoms with Gasteiger partial charge in [0.25, 0.3) is 0 Å². The van der Waals surface area contributed by atoms with Crippen LogP contribution >= 0.6 is 8.38 Å². The molecule has 0 radical (unpaired) electrons. The number of hydrogen-bond acceptors (Lipinski definition) is 3. The molecule has 2 fully saturated rings. The summed E-state index contributed by atoms with van der Waals surface area (Å²) in [6.07, 6.45) is 3.37. The molecule has 1 aliphatic carbocycles. The molecule has 2 aliphatic rings. The van der Waals surface area contributed by atoms with E-state index >= 15 is 0 Å². The zero-order chi connectivity index (χ0) is 12.3. The first kappa shape index (κ1) is 16.9. The molecule has 0 N–H and O–H groups in total. The molecule has 4 unspecified atom stereocenters. The van der Waals surface area contributed by atoms with Crippen LogP contribution in [-0.4, -0.2) is 31.5 Å². The van der Waals surface area contributed by atoms with Crippen LogP contribution in [0.3, 0.4) is 0 Å². The molecule has 1 aliphatic heterocycles. The van der Waals surface area contributed by atoms with Crippen molar-refractivity contribution < 1.29 is 44.9 Å². The molecule has 4 atom stereocenters. The van der Waals surface area contributed by atoms with Crippen molar-refractivity contribution in [1.29, 1.82) is 0 Å². The van der Waals surface area contributed by atoms with E-state index in [-0.39, 0.29) is 42.8 Å². The Balaban J connectivity index is 0.00000162. The number of nitrogens with zero attached hydrogens (tertiary/aromatic N) is 1. The van der Waals surface area contributed by atoms with Crippen LogP contribution in [-0.2, 0) is 13.8 Å². The fourth-order valence-corrected chi connectivity index (χ4v) is 3.69. The summed E-state index contributed by atoms with van der Waals surface area (Å²) in [6, 6.07) is 0. The summed E-state index contributed by atoms with van der Waals surface area (Å²) >= 11 is 0. The third-order valence-electron chi connectivity index (χ3n) is 3.62. The van der Waals surface area contributed by atoms with Crippen molar-refractivity contribution in [2.75, 3.05) is 19.8 Å². The van der Waals surface area contributed by atoms with Gasteiger partial charge in [0.1, 0.15) is 6.61 Å². The first-order chi connectivity index (χ1) is 8.22. The van der Waals surface area contributed by atoms with E-state index in [4.69, 9.17) is 20.4 Å². The summed E-state index contributed by atoms with van der Waals surface area (Å²) in [7, 11) is -0.897. The molecule has 4 nitrogen and oxygen atoms in total. The number of ether oxygens (including phenoxy) is 1. The van der Waals surface area contributed by atoms with E-state index in [0.29, 0.717) is 19.1 Å². The minimum Gasteiger partial charge on any atom is -0.545 e. The summed E-state index contributed by atoms with van der Waals surface area (Å²) < 4.78 is 17.3. The Morgan fingerprint density at radius 1 is 1.61 bits per heavy atom. The van der Waals surface area contributed by atoms with Gasteiger partial charge in [0.05, 0.1) is 11.7 Å². The van der Waals surface area contributed by atoms with Gasteiger partial charge in [-0.2, -0.15) is 0 Å². The van der Waals surface area contributed by atoms with Gasteiger partial charge in [-0.1, -0.05) is 13.3 Å². The van der Waals surface area contributed by atoms with Gasteiger partial charge in [-0.3, -0.25) is 0 Å². The van der Waals surface area contributed by atoms with E-state index in [1.807, 2.05) is 13.3 Å². The van der Waals surface area contributed by atoms with Crippen molar-refractivity contribution in [3.8, 4) is 0 Å². The molecule has 0 aromatic carbocycles. The van der Waals surface area contributed by atoms with Gasteiger partial charge in [-0.15, -0.1) is 5.92 Å². The Morgan fingerprint density at radius 2 is 2.39 bits per heavy atom. The summed E-state index contributed by atoms with van der Waals surface area (Å²) in [4.78, 5) is 3.26. The Kier molecular flexibility index (Phi) is 7.12. The van der Waals surface area contributed by atoms with E-state index in [0.717, 1.165) is 19.3 Å². The van der Waals surface area contributed by atoms with E-state index in [9.17, 15) is 0 Å². The van der Waals surface area contributed by atoms with Crippen LogP contribution in [0.1, 0.15) is 26.2 Å². The molecule has 1 saturated heterocycles. The Bertz CT molecular complexity index is 302. The summed E-state index contributed by atoms with van der Waals surface area (Å²) in [5.41, 5.74) is -0.107. The first-order valence-electron chi connectivity index (χ1n) is 6.09. The molecule has 0 aromatic rings. The Hall–Kier alpha value is 0.852. The van der Waals surface area contributed by atoms with Crippen molar-refractivity contribution in [3.63, 3.8) is 0 Å². The number of hydrogen-bond donors (Lipinski definition) is 0. The first-order valence-corrected chi connectivity index (χ1v) is 7.72. The fourth-order valence-electron chi connectivity index (χ4n) is 2.62. The molecule has 0 spiro atoms. The number of rotatable bonds is 6. The Morgan fingerprint density at radius 3 is 2.94 bits per heavy atom. The van der Waals surface area contributed by atoms with Crippen molar-refractivity contribution >= 4 is 8.38 Å². The molecule has 1 saturated carbocycles. The van der Waals surface area contributed by atoms with Gasteiger partial charge in [-0.05, 0) is 12.8 Å².